The number of esters is 1. The Morgan fingerprint density at radius 1 is 1.06 bits per heavy atom. The smallest absolute Gasteiger partial charge is 0.353 e. The lowest BCUT2D eigenvalue weighted by molar-refractivity contribution is -0.158. The zero-order valence-electron chi connectivity index (χ0n) is 16.8. The van der Waals surface area contributed by atoms with Gasteiger partial charge < -0.3 is 14.4 Å². The van der Waals surface area contributed by atoms with Gasteiger partial charge in [-0.2, -0.15) is 0 Å². The molecule has 1 aliphatic carbocycles. The van der Waals surface area contributed by atoms with E-state index in [1.807, 2.05) is 0 Å². The summed E-state index contributed by atoms with van der Waals surface area (Å²) in [6.45, 7) is -0.185. The number of ether oxygens (including phenoxy) is 2. The number of halogens is 1. The molecule has 2 aromatic carbocycles. The van der Waals surface area contributed by atoms with Gasteiger partial charge in [0, 0.05) is 18.9 Å². The quantitative estimate of drug-likeness (QED) is 0.527. The number of amides is 2. The second-order valence-corrected chi connectivity index (χ2v) is 7.88. The van der Waals surface area contributed by atoms with Crippen LogP contribution in [0, 0.1) is 5.82 Å². The lowest BCUT2D eigenvalue weighted by Crippen LogP contribution is -2.69. The third-order valence-corrected chi connectivity index (χ3v) is 5.95. The fourth-order valence-corrected chi connectivity index (χ4v) is 4.48. The number of fused-ring (bicyclic) bond motifs is 3. The molecule has 7 nitrogen and oxygen atoms in total. The molecular weight excluding hydrogens is 403 g/mol. The van der Waals surface area contributed by atoms with E-state index in [0.717, 1.165) is 12.8 Å². The molecule has 2 aliphatic heterocycles. The van der Waals surface area contributed by atoms with E-state index in [-0.39, 0.29) is 49.7 Å². The fourth-order valence-electron chi connectivity index (χ4n) is 4.48. The summed E-state index contributed by atoms with van der Waals surface area (Å²) in [4.78, 5) is 42.5. The first kappa shape index (κ1) is 19.5. The first-order chi connectivity index (χ1) is 15.0. The van der Waals surface area contributed by atoms with E-state index in [1.165, 1.54) is 17.0 Å². The normalized spacial score (nSPS) is 22.2. The Morgan fingerprint density at radius 2 is 1.81 bits per heavy atom. The van der Waals surface area contributed by atoms with E-state index in [2.05, 4.69) is 0 Å². The summed E-state index contributed by atoms with van der Waals surface area (Å²) in [6.07, 6.45) is 1.88. The van der Waals surface area contributed by atoms with E-state index in [4.69, 9.17) is 9.47 Å². The Labute approximate surface area is 178 Å². The number of anilines is 1. The number of hydrogen-bond donors (Lipinski definition) is 0. The van der Waals surface area contributed by atoms with Gasteiger partial charge in [0.1, 0.15) is 13.2 Å². The minimum atomic E-state index is -1.48. The number of rotatable bonds is 6. The third-order valence-electron chi connectivity index (χ3n) is 5.95. The topological polar surface area (TPSA) is 76.2 Å². The van der Waals surface area contributed by atoms with Gasteiger partial charge in [-0.1, -0.05) is 24.3 Å². The van der Waals surface area contributed by atoms with E-state index in [0.29, 0.717) is 11.3 Å². The molecule has 8 heteroatoms. The van der Waals surface area contributed by atoms with Crippen molar-refractivity contribution < 1.29 is 28.2 Å². The molecule has 0 spiro atoms. The number of carbonyl (C=O) groups excluding carboxylic acids is 3. The Kier molecular flexibility index (Phi) is 4.64. The molecule has 0 aromatic heterocycles. The van der Waals surface area contributed by atoms with E-state index in [9.17, 15) is 18.8 Å². The second kappa shape index (κ2) is 7.37. The average Bonchev–Trinajstić information content (AvgIpc) is 3.54. The maximum atomic E-state index is 13.7. The molecule has 5 rings (SSSR count). The van der Waals surface area contributed by atoms with Gasteiger partial charge in [0.05, 0.1) is 11.3 Å². The van der Waals surface area contributed by atoms with Crippen LogP contribution >= 0.6 is 0 Å². The van der Waals surface area contributed by atoms with Crippen molar-refractivity contribution in [1.29, 1.82) is 0 Å². The third kappa shape index (κ3) is 3.05. The number of hydrogen-bond acceptors (Lipinski definition) is 5. The van der Waals surface area contributed by atoms with Crippen LogP contribution in [0.2, 0.25) is 0 Å². The van der Waals surface area contributed by atoms with Crippen LogP contribution in [-0.2, 0) is 14.3 Å². The van der Waals surface area contributed by atoms with Gasteiger partial charge in [0.2, 0.25) is 11.6 Å². The van der Waals surface area contributed by atoms with Gasteiger partial charge >= 0.3 is 5.97 Å². The summed E-state index contributed by atoms with van der Waals surface area (Å²) in [6, 6.07) is 12.7. The summed E-state index contributed by atoms with van der Waals surface area (Å²) in [5, 5.41) is 0. The molecule has 31 heavy (non-hydrogen) atoms. The fraction of sp³-hybridized carbons (Fsp3) is 0.348. The van der Waals surface area contributed by atoms with Gasteiger partial charge in [-0.25, -0.2) is 9.18 Å². The van der Waals surface area contributed by atoms with Crippen molar-refractivity contribution in [3.05, 3.63) is 59.9 Å². The highest BCUT2D eigenvalue weighted by Crippen LogP contribution is 2.49. The molecule has 1 saturated heterocycles. The molecule has 2 amide bonds. The predicted octanol–water partition coefficient (Wildman–Crippen LogP) is 2.89. The lowest BCUT2D eigenvalue weighted by atomic mass is 9.96. The molecule has 1 atom stereocenters. The van der Waals surface area contributed by atoms with Crippen LogP contribution in [0.3, 0.4) is 0 Å². The highest BCUT2D eigenvalue weighted by atomic mass is 19.1. The molecule has 1 saturated carbocycles. The number of carbonyl (C=O) groups is 3. The average molecular weight is 424 g/mol. The van der Waals surface area contributed by atoms with Crippen molar-refractivity contribution >= 4 is 23.5 Å². The van der Waals surface area contributed by atoms with Crippen LogP contribution in [0.1, 0.15) is 36.0 Å². The molecule has 0 N–H and O–H groups in total. The van der Waals surface area contributed by atoms with Crippen molar-refractivity contribution in [1.82, 2.24) is 4.90 Å². The van der Waals surface area contributed by atoms with Crippen LogP contribution in [0.25, 0.3) is 0 Å². The molecule has 3 aliphatic rings. The van der Waals surface area contributed by atoms with Gasteiger partial charge in [-0.05, 0) is 37.1 Å². The van der Waals surface area contributed by atoms with E-state index in [1.54, 1.807) is 41.3 Å². The Morgan fingerprint density at radius 3 is 2.58 bits per heavy atom. The highest BCUT2D eigenvalue weighted by Gasteiger charge is 2.64. The maximum absolute atomic E-state index is 13.7. The molecule has 0 bridgehead atoms. The Hall–Kier alpha value is -3.42. The van der Waals surface area contributed by atoms with Crippen LogP contribution in [0.4, 0.5) is 10.1 Å². The van der Waals surface area contributed by atoms with Gasteiger partial charge in [0.15, 0.2) is 11.6 Å². The van der Waals surface area contributed by atoms with Crippen molar-refractivity contribution in [2.24, 2.45) is 0 Å². The zero-order chi connectivity index (χ0) is 21.6. The standard InChI is InChI=1S/C23H21FN2O5/c24-17-6-2-4-8-19(17)30-13-14-31-22(29)23-12-11-20(27)26(23)18-7-3-1-5-16(18)21(28)25(23)15-9-10-15/h1-8,15H,9-14H2/t23-/m0/s1. The van der Waals surface area contributed by atoms with Crippen LogP contribution in [0.5, 0.6) is 5.75 Å². The van der Waals surface area contributed by atoms with Gasteiger partial charge in [-0.3, -0.25) is 14.5 Å². The molecule has 2 fully saturated rings. The van der Waals surface area contributed by atoms with Gasteiger partial charge in [-0.15, -0.1) is 0 Å². The molecule has 2 aromatic rings. The largest absolute Gasteiger partial charge is 0.487 e. The molecule has 160 valence electrons. The Balaban J connectivity index is 1.40. The SMILES string of the molecule is O=C1CC[C@@]2(C(=O)OCCOc3ccccc3F)N1c1ccccc1C(=O)N2C1CC1. The van der Waals surface area contributed by atoms with Gasteiger partial charge in [0.25, 0.3) is 5.91 Å². The van der Waals surface area contributed by atoms with Crippen molar-refractivity contribution in [2.75, 3.05) is 18.1 Å². The highest BCUT2D eigenvalue weighted by molar-refractivity contribution is 6.15. The lowest BCUT2D eigenvalue weighted by Gasteiger charge is -2.48. The summed E-state index contributed by atoms with van der Waals surface area (Å²) < 4.78 is 24.5. The minimum Gasteiger partial charge on any atom is -0.487 e. The van der Waals surface area contributed by atoms with Crippen LogP contribution < -0.4 is 9.64 Å². The molecule has 0 unspecified atom stereocenters. The van der Waals surface area contributed by atoms with Crippen LogP contribution in [0.15, 0.2) is 48.5 Å². The van der Waals surface area contributed by atoms with Crippen molar-refractivity contribution in [3.8, 4) is 5.75 Å². The summed E-state index contributed by atoms with van der Waals surface area (Å²) >= 11 is 0. The minimum absolute atomic E-state index is 0.0509. The maximum Gasteiger partial charge on any atom is 0.353 e. The van der Waals surface area contributed by atoms with Crippen molar-refractivity contribution in [2.45, 2.75) is 37.4 Å². The number of nitrogens with zero attached hydrogens (tertiary/aromatic N) is 2. The predicted molar refractivity (Wildman–Crippen MR) is 108 cm³/mol. The van der Waals surface area contributed by atoms with E-state index < -0.39 is 17.4 Å². The zero-order valence-corrected chi connectivity index (χ0v) is 16.8. The monoisotopic (exact) mass is 424 g/mol. The molecule has 0 radical (unpaired) electrons. The van der Waals surface area contributed by atoms with E-state index >= 15 is 0 Å². The molecular formula is C23H21FN2O5. The number of para-hydroxylation sites is 2. The second-order valence-electron chi connectivity index (χ2n) is 7.88. The summed E-state index contributed by atoms with van der Waals surface area (Å²) in [7, 11) is 0. The summed E-state index contributed by atoms with van der Waals surface area (Å²) in [5.41, 5.74) is -0.635. The first-order valence-corrected chi connectivity index (χ1v) is 10.3. The Bertz CT molecular complexity index is 1070. The molecule has 2 heterocycles. The van der Waals surface area contributed by atoms with Crippen molar-refractivity contribution in [3.63, 3.8) is 0 Å². The van der Waals surface area contributed by atoms with Crippen LogP contribution in [-0.4, -0.2) is 47.6 Å². The first-order valence-electron chi connectivity index (χ1n) is 10.3. The summed E-state index contributed by atoms with van der Waals surface area (Å²) in [5.74, 6) is -1.58. The number of benzene rings is 2.